The molecule has 2 aromatic rings. The molecular formula is C28H35N3O2. The molecule has 4 aliphatic rings. The molecule has 1 saturated heterocycles. The van der Waals surface area contributed by atoms with E-state index in [1.165, 1.54) is 62.0 Å². The van der Waals surface area contributed by atoms with E-state index in [1.54, 1.807) is 0 Å². The average Bonchev–Trinajstić information content (AvgIpc) is 3.53. The Labute approximate surface area is 197 Å². The zero-order valence-electron chi connectivity index (χ0n) is 19.6. The highest BCUT2D eigenvalue weighted by molar-refractivity contribution is 5.97. The van der Waals surface area contributed by atoms with Gasteiger partial charge in [-0.25, -0.2) is 0 Å². The quantitative estimate of drug-likeness (QED) is 0.717. The van der Waals surface area contributed by atoms with Gasteiger partial charge in [-0.2, -0.15) is 0 Å². The number of rotatable bonds is 3. The number of piperazine rings is 1. The molecule has 1 amide bonds. The Morgan fingerprint density at radius 2 is 1.61 bits per heavy atom. The Morgan fingerprint density at radius 3 is 2.42 bits per heavy atom. The van der Waals surface area contributed by atoms with E-state index in [9.17, 15) is 4.79 Å². The summed E-state index contributed by atoms with van der Waals surface area (Å²) in [5.74, 6) is 0.921. The molecule has 2 fully saturated rings. The van der Waals surface area contributed by atoms with E-state index >= 15 is 0 Å². The van der Waals surface area contributed by atoms with Gasteiger partial charge in [0.1, 0.15) is 5.75 Å². The van der Waals surface area contributed by atoms with Crippen LogP contribution in [0, 0.1) is 0 Å². The summed E-state index contributed by atoms with van der Waals surface area (Å²) in [5.41, 5.74) is 6.28. The topological polar surface area (TPSA) is 36.0 Å². The molecule has 1 saturated carbocycles. The van der Waals surface area contributed by atoms with Crippen LogP contribution >= 0.6 is 0 Å². The van der Waals surface area contributed by atoms with E-state index < -0.39 is 0 Å². The van der Waals surface area contributed by atoms with Crippen molar-refractivity contribution in [2.75, 3.05) is 50.8 Å². The van der Waals surface area contributed by atoms with Gasteiger partial charge in [-0.1, -0.05) is 31.0 Å². The molecule has 5 nitrogen and oxygen atoms in total. The van der Waals surface area contributed by atoms with E-state index in [0.29, 0.717) is 6.61 Å². The van der Waals surface area contributed by atoms with Gasteiger partial charge in [0.05, 0.1) is 12.2 Å². The number of anilines is 1. The van der Waals surface area contributed by atoms with Crippen LogP contribution in [0.3, 0.4) is 0 Å². The van der Waals surface area contributed by atoms with E-state index in [4.69, 9.17) is 4.74 Å². The van der Waals surface area contributed by atoms with Crippen molar-refractivity contribution in [2.45, 2.75) is 51.0 Å². The van der Waals surface area contributed by atoms with E-state index in [1.807, 2.05) is 17.0 Å². The number of hydrogen-bond acceptors (Lipinski definition) is 4. The maximum atomic E-state index is 13.2. The van der Waals surface area contributed by atoms with Crippen molar-refractivity contribution >= 4 is 11.6 Å². The van der Waals surface area contributed by atoms with Crippen LogP contribution in [0.1, 0.15) is 52.7 Å². The molecule has 3 heterocycles. The zero-order valence-corrected chi connectivity index (χ0v) is 19.6. The van der Waals surface area contributed by atoms with Crippen molar-refractivity contribution in [3.63, 3.8) is 0 Å². The molecule has 0 atom stereocenters. The van der Waals surface area contributed by atoms with Crippen LogP contribution in [0.2, 0.25) is 0 Å². The lowest BCUT2D eigenvalue weighted by Gasteiger charge is -2.36. The van der Waals surface area contributed by atoms with Gasteiger partial charge in [0.2, 0.25) is 0 Å². The van der Waals surface area contributed by atoms with Crippen molar-refractivity contribution in [1.29, 1.82) is 0 Å². The summed E-state index contributed by atoms with van der Waals surface area (Å²) in [4.78, 5) is 20.4. The lowest BCUT2D eigenvalue weighted by molar-refractivity contribution is 0.0743. The van der Waals surface area contributed by atoms with Crippen LogP contribution in [0.15, 0.2) is 36.4 Å². The van der Waals surface area contributed by atoms with Crippen molar-refractivity contribution in [3.8, 4) is 5.75 Å². The molecule has 3 aliphatic heterocycles. The molecule has 0 N–H and O–H groups in total. The Bertz CT molecular complexity index is 1020. The van der Waals surface area contributed by atoms with Gasteiger partial charge in [-0.3, -0.25) is 9.69 Å². The van der Waals surface area contributed by atoms with E-state index in [-0.39, 0.29) is 5.91 Å². The van der Waals surface area contributed by atoms with Crippen molar-refractivity contribution < 1.29 is 9.53 Å². The van der Waals surface area contributed by atoms with Crippen molar-refractivity contribution in [3.05, 3.63) is 58.7 Å². The third kappa shape index (κ3) is 4.12. The number of carbonyl (C=O) groups excluding carboxylic acids is 1. The zero-order chi connectivity index (χ0) is 22.2. The van der Waals surface area contributed by atoms with Gasteiger partial charge < -0.3 is 14.5 Å². The summed E-state index contributed by atoms with van der Waals surface area (Å²) in [6.07, 6.45) is 8.85. The molecule has 0 unspecified atom stereocenters. The maximum Gasteiger partial charge on any atom is 0.257 e. The standard InChI is InChI=1S/C28H35N3O2/c32-28(26-7-3-4-22-12-19-33-27(22)26)31-17-15-30(16-18-31)25-9-8-21-10-13-29(14-11-23(21)20-25)24-5-1-2-6-24/h3-4,7-9,20,24H,1-2,5-6,10-19H2. The lowest BCUT2D eigenvalue weighted by atomic mass is 10.0. The van der Waals surface area contributed by atoms with Crippen molar-refractivity contribution in [1.82, 2.24) is 9.80 Å². The molecule has 0 aromatic heterocycles. The normalized spacial score (nSPS) is 21.5. The van der Waals surface area contributed by atoms with Gasteiger partial charge in [-0.05, 0) is 60.6 Å². The first-order chi connectivity index (χ1) is 16.3. The van der Waals surface area contributed by atoms with Gasteiger partial charge in [-0.15, -0.1) is 0 Å². The predicted octanol–water partition coefficient (Wildman–Crippen LogP) is 3.93. The van der Waals surface area contributed by atoms with Gasteiger partial charge >= 0.3 is 0 Å². The highest BCUT2D eigenvalue weighted by atomic mass is 16.5. The number of fused-ring (bicyclic) bond motifs is 2. The van der Waals surface area contributed by atoms with Crippen molar-refractivity contribution in [2.24, 2.45) is 0 Å². The Morgan fingerprint density at radius 1 is 0.818 bits per heavy atom. The van der Waals surface area contributed by atoms with Gasteiger partial charge in [0.15, 0.2) is 0 Å². The molecule has 0 radical (unpaired) electrons. The second kappa shape index (κ2) is 9.02. The monoisotopic (exact) mass is 445 g/mol. The second-order valence-electron chi connectivity index (χ2n) is 10.1. The van der Waals surface area contributed by atoms with E-state index in [0.717, 1.165) is 61.9 Å². The molecule has 0 spiro atoms. The summed E-state index contributed by atoms with van der Waals surface area (Å²) < 4.78 is 5.77. The fourth-order valence-corrected chi connectivity index (χ4v) is 6.28. The van der Waals surface area contributed by atoms with Crippen LogP contribution in [0.5, 0.6) is 5.75 Å². The number of hydrogen-bond donors (Lipinski definition) is 0. The van der Waals surface area contributed by atoms with Crippen LogP contribution < -0.4 is 9.64 Å². The smallest absolute Gasteiger partial charge is 0.257 e. The largest absolute Gasteiger partial charge is 0.492 e. The molecule has 0 bridgehead atoms. The Hall–Kier alpha value is -2.53. The Kier molecular flexibility index (Phi) is 5.75. The first-order valence-electron chi connectivity index (χ1n) is 12.9. The second-order valence-corrected chi connectivity index (χ2v) is 10.1. The summed E-state index contributed by atoms with van der Waals surface area (Å²) in [6, 6.07) is 13.9. The number of para-hydroxylation sites is 1. The third-order valence-electron chi connectivity index (χ3n) is 8.24. The maximum absolute atomic E-state index is 13.2. The van der Waals surface area contributed by atoms with Gasteiger partial charge in [0, 0.05) is 57.4 Å². The average molecular weight is 446 g/mol. The van der Waals surface area contributed by atoms with Crippen LogP contribution in [-0.4, -0.2) is 67.6 Å². The van der Waals surface area contributed by atoms with Gasteiger partial charge in [0.25, 0.3) is 5.91 Å². The summed E-state index contributed by atoms with van der Waals surface area (Å²) in [5, 5.41) is 0. The summed E-state index contributed by atoms with van der Waals surface area (Å²) in [7, 11) is 0. The first kappa shape index (κ1) is 21.0. The molecule has 33 heavy (non-hydrogen) atoms. The molecular weight excluding hydrogens is 410 g/mol. The first-order valence-corrected chi connectivity index (χ1v) is 12.9. The summed E-state index contributed by atoms with van der Waals surface area (Å²) >= 11 is 0. The minimum Gasteiger partial charge on any atom is -0.492 e. The highest BCUT2D eigenvalue weighted by Gasteiger charge is 2.28. The molecule has 6 rings (SSSR count). The van der Waals surface area contributed by atoms with E-state index in [2.05, 4.69) is 34.1 Å². The fourth-order valence-electron chi connectivity index (χ4n) is 6.28. The third-order valence-corrected chi connectivity index (χ3v) is 8.24. The Balaban J connectivity index is 1.10. The van der Waals surface area contributed by atoms with Crippen LogP contribution in [0.25, 0.3) is 0 Å². The number of carbonyl (C=O) groups is 1. The summed E-state index contributed by atoms with van der Waals surface area (Å²) in [6.45, 7) is 6.38. The van der Waals surface area contributed by atoms with Crippen LogP contribution in [-0.2, 0) is 19.3 Å². The minimum absolute atomic E-state index is 0.113. The number of nitrogens with zero attached hydrogens (tertiary/aromatic N) is 3. The lowest BCUT2D eigenvalue weighted by Crippen LogP contribution is -2.48. The number of ether oxygens (including phenoxy) is 1. The minimum atomic E-state index is 0.113. The predicted molar refractivity (Wildman–Crippen MR) is 131 cm³/mol. The van der Waals surface area contributed by atoms with Crippen LogP contribution in [0.4, 0.5) is 5.69 Å². The molecule has 174 valence electrons. The molecule has 5 heteroatoms. The number of amides is 1. The number of benzene rings is 2. The fraction of sp³-hybridized carbons (Fsp3) is 0.536. The SMILES string of the molecule is O=C(c1cccc2c1OCC2)N1CCN(c2ccc3c(c2)CCN(C2CCCC2)CC3)CC1. The highest BCUT2D eigenvalue weighted by Crippen LogP contribution is 2.31. The molecule has 1 aliphatic carbocycles. The molecule has 2 aromatic carbocycles.